The van der Waals surface area contributed by atoms with E-state index in [1.165, 1.54) is 30.4 Å². The highest BCUT2D eigenvalue weighted by Crippen LogP contribution is 2.31. The molecule has 1 N–H and O–H groups in total. The fourth-order valence-corrected chi connectivity index (χ4v) is 7.00. The van der Waals surface area contributed by atoms with E-state index in [-0.39, 0.29) is 6.03 Å². The third-order valence-corrected chi connectivity index (χ3v) is 10.1. The molecule has 0 spiro atoms. The second-order valence-electron chi connectivity index (χ2n) is 13.0. The summed E-state index contributed by atoms with van der Waals surface area (Å²) in [6.07, 6.45) is 5.92. The standard InChI is InChI=1S/C34H51N7O3/c1-37-13-17-41(18-14-37)34(42)35-30-7-3-27(4-8-30)11-12-38-15-19-39(20-16-38)32-25-29(28-5-9-31(43-2)10-6-28)26-33(36-32)40-21-23-44-24-22-40/h5-6,9-10,25-27,30H,3-4,7-8,11-24H2,1-2H3,(H,35,42). The minimum Gasteiger partial charge on any atom is -0.497 e. The molecule has 240 valence electrons. The van der Waals surface area contributed by atoms with E-state index in [0.29, 0.717) is 6.04 Å². The number of piperazine rings is 2. The van der Waals surface area contributed by atoms with Crippen LogP contribution in [0, 0.1) is 5.92 Å². The van der Waals surface area contributed by atoms with Gasteiger partial charge in [0.25, 0.3) is 0 Å². The van der Waals surface area contributed by atoms with Gasteiger partial charge < -0.3 is 34.4 Å². The van der Waals surface area contributed by atoms with Crippen molar-refractivity contribution in [2.75, 3.05) is 109 Å². The predicted molar refractivity (Wildman–Crippen MR) is 176 cm³/mol. The average molecular weight is 606 g/mol. The SMILES string of the molecule is COc1ccc(-c2cc(N3CCOCC3)nc(N3CCN(CCC4CCC(NC(=O)N5CCN(C)CC5)CC4)CC3)c2)cc1. The van der Waals surface area contributed by atoms with E-state index in [4.69, 9.17) is 14.5 Å². The molecule has 2 amide bonds. The summed E-state index contributed by atoms with van der Waals surface area (Å²) < 4.78 is 11.0. The lowest BCUT2D eigenvalue weighted by Crippen LogP contribution is -2.53. The Kier molecular flexibility index (Phi) is 10.4. The monoisotopic (exact) mass is 605 g/mol. The summed E-state index contributed by atoms with van der Waals surface area (Å²) in [5.41, 5.74) is 2.37. The molecule has 10 nitrogen and oxygen atoms in total. The van der Waals surface area contributed by atoms with Crippen molar-refractivity contribution in [1.82, 2.24) is 25.0 Å². The molecule has 4 fully saturated rings. The summed E-state index contributed by atoms with van der Waals surface area (Å²) in [7, 11) is 3.83. The molecule has 1 saturated carbocycles. The van der Waals surface area contributed by atoms with Gasteiger partial charge in [0.05, 0.1) is 20.3 Å². The van der Waals surface area contributed by atoms with Gasteiger partial charge in [0.15, 0.2) is 0 Å². The Bertz CT molecular complexity index is 1200. The second kappa shape index (κ2) is 14.8. The molecule has 6 rings (SSSR count). The van der Waals surface area contributed by atoms with Gasteiger partial charge in [-0.25, -0.2) is 9.78 Å². The van der Waals surface area contributed by atoms with Crippen LogP contribution in [0.25, 0.3) is 11.1 Å². The molecule has 3 saturated heterocycles. The van der Waals surface area contributed by atoms with Gasteiger partial charge in [-0.2, -0.15) is 0 Å². The number of benzene rings is 1. The fraction of sp³-hybridized carbons (Fsp3) is 0.647. The summed E-state index contributed by atoms with van der Waals surface area (Å²) in [6.45, 7) is 12.1. The van der Waals surface area contributed by atoms with Crippen LogP contribution in [-0.2, 0) is 4.74 Å². The number of nitrogens with one attached hydrogen (secondary N) is 1. The van der Waals surface area contributed by atoms with Crippen LogP contribution in [0.3, 0.4) is 0 Å². The Morgan fingerprint density at radius 1 is 0.841 bits per heavy atom. The Labute approximate surface area is 263 Å². The largest absolute Gasteiger partial charge is 0.497 e. The van der Waals surface area contributed by atoms with E-state index in [1.54, 1.807) is 7.11 Å². The zero-order valence-electron chi connectivity index (χ0n) is 26.8. The Morgan fingerprint density at radius 3 is 2.11 bits per heavy atom. The van der Waals surface area contributed by atoms with Crippen LogP contribution >= 0.6 is 0 Å². The van der Waals surface area contributed by atoms with Crippen molar-refractivity contribution in [3.8, 4) is 16.9 Å². The van der Waals surface area contributed by atoms with Crippen molar-refractivity contribution in [2.24, 2.45) is 5.92 Å². The number of nitrogens with zero attached hydrogens (tertiary/aromatic N) is 6. The number of amides is 2. The van der Waals surface area contributed by atoms with Crippen LogP contribution in [0.1, 0.15) is 32.1 Å². The lowest BCUT2D eigenvalue weighted by atomic mass is 9.84. The summed E-state index contributed by atoms with van der Waals surface area (Å²) in [5.74, 6) is 3.74. The maximum Gasteiger partial charge on any atom is 0.317 e. The van der Waals surface area contributed by atoms with Crippen molar-refractivity contribution in [2.45, 2.75) is 38.1 Å². The molecule has 10 heteroatoms. The number of rotatable bonds is 8. The molecule has 0 atom stereocenters. The third kappa shape index (κ3) is 7.95. The first-order valence-corrected chi connectivity index (χ1v) is 16.7. The van der Waals surface area contributed by atoms with Crippen LogP contribution in [0.4, 0.5) is 16.4 Å². The number of likely N-dealkylation sites (N-methyl/N-ethyl adjacent to an activating group) is 1. The molecule has 4 heterocycles. The predicted octanol–water partition coefficient (Wildman–Crippen LogP) is 3.62. The number of carbonyl (C=O) groups excluding carboxylic acids is 1. The van der Waals surface area contributed by atoms with E-state index in [1.807, 2.05) is 17.0 Å². The van der Waals surface area contributed by atoms with Gasteiger partial charge in [-0.15, -0.1) is 0 Å². The quantitative estimate of drug-likeness (QED) is 0.489. The number of anilines is 2. The topological polar surface area (TPSA) is 76.7 Å². The van der Waals surface area contributed by atoms with Crippen molar-refractivity contribution < 1.29 is 14.3 Å². The molecule has 2 aromatic rings. The van der Waals surface area contributed by atoms with Crippen molar-refractivity contribution in [3.63, 3.8) is 0 Å². The number of aromatic nitrogens is 1. The number of carbonyl (C=O) groups is 1. The molecule has 3 aliphatic heterocycles. The van der Waals surface area contributed by atoms with Crippen LogP contribution in [0.2, 0.25) is 0 Å². The minimum absolute atomic E-state index is 0.139. The molecule has 0 bridgehead atoms. The number of methoxy groups -OCH3 is 1. The van der Waals surface area contributed by atoms with Crippen molar-refractivity contribution in [1.29, 1.82) is 0 Å². The van der Waals surface area contributed by atoms with Crippen LogP contribution in [-0.4, -0.2) is 131 Å². The van der Waals surface area contributed by atoms with Gasteiger partial charge in [-0.05, 0) is 87.0 Å². The Balaban J connectivity index is 0.985. The number of hydrogen-bond acceptors (Lipinski definition) is 8. The van der Waals surface area contributed by atoms with E-state index in [9.17, 15) is 4.79 Å². The molecule has 0 radical (unpaired) electrons. The molecule has 1 aliphatic carbocycles. The van der Waals surface area contributed by atoms with Gasteiger partial charge in [0.2, 0.25) is 0 Å². The Morgan fingerprint density at radius 2 is 1.48 bits per heavy atom. The van der Waals surface area contributed by atoms with Gasteiger partial charge in [0, 0.05) is 71.5 Å². The summed E-state index contributed by atoms with van der Waals surface area (Å²) in [6, 6.07) is 13.3. The van der Waals surface area contributed by atoms with E-state index in [2.05, 4.69) is 56.2 Å². The summed E-state index contributed by atoms with van der Waals surface area (Å²) in [5, 5.41) is 3.33. The first-order valence-electron chi connectivity index (χ1n) is 16.7. The highest BCUT2D eigenvalue weighted by atomic mass is 16.5. The van der Waals surface area contributed by atoms with E-state index < -0.39 is 0 Å². The highest BCUT2D eigenvalue weighted by molar-refractivity contribution is 5.74. The molecule has 44 heavy (non-hydrogen) atoms. The minimum atomic E-state index is 0.139. The van der Waals surface area contributed by atoms with Gasteiger partial charge >= 0.3 is 6.03 Å². The van der Waals surface area contributed by atoms with Crippen molar-refractivity contribution >= 4 is 17.7 Å². The van der Waals surface area contributed by atoms with E-state index in [0.717, 1.165) is 121 Å². The third-order valence-electron chi connectivity index (χ3n) is 10.1. The molecule has 4 aliphatic rings. The molecule has 1 aromatic carbocycles. The lowest BCUT2D eigenvalue weighted by Gasteiger charge is -2.38. The second-order valence-corrected chi connectivity index (χ2v) is 13.0. The van der Waals surface area contributed by atoms with Gasteiger partial charge in [-0.3, -0.25) is 4.90 Å². The normalized spacial score (nSPS) is 23.9. The van der Waals surface area contributed by atoms with Gasteiger partial charge in [0.1, 0.15) is 17.4 Å². The molecular weight excluding hydrogens is 554 g/mol. The molecular formula is C34H51N7O3. The van der Waals surface area contributed by atoms with Crippen LogP contribution in [0.5, 0.6) is 5.75 Å². The fourth-order valence-electron chi connectivity index (χ4n) is 7.00. The smallest absolute Gasteiger partial charge is 0.317 e. The Hall–Kier alpha value is -3.08. The van der Waals surface area contributed by atoms with Crippen molar-refractivity contribution in [3.05, 3.63) is 36.4 Å². The highest BCUT2D eigenvalue weighted by Gasteiger charge is 2.27. The first-order chi connectivity index (χ1) is 21.5. The molecule has 0 unspecified atom stereocenters. The zero-order valence-corrected chi connectivity index (χ0v) is 26.8. The van der Waals surface area contributed by atoms with Crippen LogP contribution in [0.15, 0.2) is 36.4 Å². The number of ether oxygens (including phenoxy) is 2. The zero-order chi connectivity index (χ0) is 30.3. The maximum absolute atomic E-state index is 12.7. The average Bonchev–Trinajstić information content (AvgIpc) is 3.08. The summed E-state index contributed by atoms with van der Waals surface area (Å²) in [4.78, 5) is 29.6. The lowest BCUT2D eigenvalue weighted by molar-refractivity contribution is 0.122. The van der Waals surface area contributed by atoms with Gasteiger partial charge in [-0.1, -0.05) is 12.1 Å². The number of pyridine rings is 1. The van der Waals surface area contributed by atoms with E-state index >= 15 is 0 Å². The first kappa shape index (κ1) is 30.9. The maximum atomic E-state index is 12.7. The molecule has 1 aromatic heterocycles. The number of urea groups is 1. The van der Waals surface area contributed by atoms with Crippen LogP contribution < -0.4 is 19.9 Å². The summed E-state index contributed by atoms with van der Waals surface area (Å²) >= 11 is 0. The number of morpholine rings is 1. The number of hydrogen-bond donors (Lipinski definition) is 1.